The highest BCUT2D eigenvalue weighted by atomic mass is 35.5. The van der Waals surface area contributed by atoms with Gasteiger partial charge in [-0.05, 0) is 74.9 Å². The number of ether oxygens (including phenoxy) is 1. The molecule has 184 valence electrons. The van der Waals surface area contributed by atoms with E-state index in [1.807, 2.05) is 23.1 Å². The summed E-state index contributed by atoms with van der Waals surface area (Å²) in [5, 5.41) is 1.75. The third kappa shape index (κ3) is 4.68. The molecular formula is C29H34ClN3O2. The maximum atomic E-state index is 12.9. The largest absolute Gasteiger partial charge is 0.490 e. The number of halogens is 1. The van der Waals surface area contributed by atoms with Crippen molar-refractivity contribution in [2.75, 3.05) is 26.2 Å². The van der Waals surface area contributed by atoms with Crippen LogP contribution in [0, 0.1) is 0 Å². The third-order valence-electron chi connectivity index (χ3n) is 8.31. The fourth-order valence-electron chi connectivity index (χ4n) is 5.99. The zero-order chi connectivity index (χ0) is 23.8. The fraction of sp³-hybridized carbons (Fsp3) is 0.483. The second-order valence-corrected chi connectivity index (χ2v) is 10.8. The second kappa shape index (κ2) is 9.87. The number of hydrogen-bond acceptors (Lipinski definition) is 3. The van der Waals surface area contributed by atoms with E-state index >= 15 is 0 Å². The monoisotopic (exact) mass is 491 g/mol. The van der Waals surface area contributed by atoms with Crippen molar-refractivity contribution < 1.29 is 9.53 Å². The summed E-state index contributed by atoms with van der Waals surface area (Å²) >= 11 is 6.25. The van der Waals surface area contributed by atoms with Crippen LogP contribution in [0.15, 0.2) is 54.7 Å². The topological polar surface area (TPSA) is 37.7 Å². The number of amides is 1. The molecule has 1 saturated carbocycles. The maximum Gasteiger partial charge on any atom is 0.255 e. The third-order valence-corrected chi connectivity index (χ3v) is 8.64. The molecule has 3 fully saturated rings. The molecule has 2 saturated heterocycles. The number of nitrogens with zero attached hydrogens (tertiary/aromatic N) is 3. The minimum absolute atomic E-state index is 0.0340. The first-order valence-corrected chi connectivity index (χ1v) is 13.6. The Kier molecular flexibility index (Phi) is 6.46. The van der Waals surface area contributed by atoms with Crippen LogP contribution in [0.3, 0.4) is 0 Å². The Hall–Kier alpha value is -2.50. The number of piperidine rings is 2. The summed E-state index contributed by atoms with van der Waals surface area (Å²) in [5.41, 5.74) is 1.84. The van der Waals surface area contributed by atoms with Crippen LogP contribution in [0.2, 0.25) is 5.02 Å². The Morgan fingerprint density at radius 2 is 1.63 bits per heavy atom. The van der Waals surface area contributed by atoms with E-state index in [-0.39, 0.29) is 5.91 Å². The van der Waals surface area contributed by atoms with Crippen LogP contribution in [0.25, 0.3) is 10.9 Å². The molecule has 0 radical (unpaired) electrons. The van der Waals surface area contributed by atoms with E-state index in [1.54, 1.807) is 6.07 Å². The van der Waals surface area contributed by atoms with Crippen molar-refractivity contribution in [3.63, 3.8) is 0 Å². The van der Waals surface area contributed by atoms with Crippen molar-refractivity contribution in [2.45, 2.75) is 63.1 Å². The van der Waals surface area contributed by atoms with E-state index in [0.29, 0.717) is 22.7 Å². The van der Waals surface area contributed by atoms with Gasteiger partial charge in [-0.15, -0.1) is 0 Å². The number of benzene rings is 2. The van der Waals surface area contributed by atoms with Gasteiger partial charge >= 0.3 is 0 Å². The van der Waals surface area contributed by atoms with E-state index in [0.717, 1.165) is 50.6 Å². The van der Waals surface area contributed by atoms with Crippen molar-refractivity contribution in [3.05, 3.63) is 65.3 Å². The molecule has 2 aromatic carbocycles. The molecule has 0 bridgehead atoms. The molecule has 1 aliphatic carbocycles. The molecule has 0 N–H and O–H groups in total. The molecule has 6 heteroatoms. The first kappa shape index (κ1) is 22.9. The molecule has 1 aromatic heterocycles. The maximum absolute atomic E-state index is 12.9. The van der Waals surface area contributed by atoms with Crippen LogP contribution in [0.1, 0.15) is 61.3 Å². The summed E-state index contributed by atoms with van der Waals surface area (Å²) in [6, 6.07) is 17.3. The van der Waals surface area contributed by atoms with Gasteiger partial charge in [0, 0.05) is 55.4 Å². The van der Waals surface area contributed by atoms with Crippen LogP contribution in [-0.4, -0.2) is 58.6 Å². The van der Waals surface area contributed by atoms with E-state index in [2.05, 4.69) is 39.9 Å². The van der Waals surface area contributed by atoms with Crippen molar-refractivity contribution >= 4 is 28.4 Å². The van der Waals surface area contributed by atoms with Gasteiger partial charge in [0.05, 0.1) is 10.6 Å². The highest BCUT2D eigenvalue weighted by molar-refractivity contribution is 6.33. The Labute approximate surface area is 212 Å². The Balaban J connectivity index is 1.07. The van der Waals surface area contributed by atoms with Crippen molar-refractivity contribution in [1.29, 1.82) is 0 Å². The summed E-state index contributed by atoms with van der Waals surface area (Å²) in [7, 11) is 0. The fourth-order valence-corrected chi connectivity index (χ4v) is 6.21. The van der Waals surface area contributed by atoms with Gasteiger partial charge in [-0.3, -0.25) is 4.79 Å². The molecule has 6 rings (SSSR count). The molecule has 3 aliphatic rings. The van der Waals surface area contributed by atoms with Crippen LogP contribution in [0.5, 0.6) is 5.75 Å². The number of carbonyl (C=O) groups is 1. The lowest BCUT2D eigenvalue weighted by Crippen LogP contribution is -2.46. The van der Waals surface area contributed by atoms with Gasteiger partial charge < -0.3 is 19.1 Å². The number of fused-ring (bicyclic) bond motifs is 1. The number of carbonyl (C=O) groups excluding carboxylic acids is 1. The normalized spacial score (nSPS) is 20.8. The number of rotatable bonds is 5. The summed E-state index contributed by atoms with van der Waals surface area (Å²) in [4.78, 5) is 17.5. The first-order chi connectivity index (χ1) is 17.2. The predicted octanol–water partition coefficient (Wildman–Crippen LogP) is 6.17. The highest BCUT2D eigenvalue weighted by Gasteiger charge is 2.30. The summed E-state index contributed by atoms with van der Waals surface area (Å²) in [6.45, 7) is 3.83. The van der Waals surface area contributed by atoms with E-state index < -0.39 is 0 Å². The number of likely N-dealkylation sites (tertiary alicyclic amines) is 2. The standard InChI is InChI=1S/C29H34ClN3O2/c30-27-7-2-1-6-26(27)29(34)32-15-11-23(12-16-32)33-19-10-21-20-25(8-9-28(21)33)35-24-13-17-31(18-14-24)22-4-3-5-22/h1-2,6-10,19-20,22-24H,3-5,11-18H2. The number of aromatic nitrogens is 1. The molecule has 0 unspecified atom stereocenters. The van der Waals surface area contributed by atoms with Crippen LogP contribution in [-0.2, 0) is 0 Å². The molecule has 5 nitrogen and oxygen atoms in total. The summed E-state index contributed by atoms with van der Waals surface area (Å²) < 4.78 is 8.78. The van der Waals surface area contributed by atoms with E-state index in [9.17, 15) is 4.79 Å². The SMILES string of the molecule is O=C(c1ccccc1Cl)N1CCC(n2ccc3cc(OC4CCN(C5CCC5)CC4)ccc32)CC1. The van der Waals surface area contributed by atoms with Gasteiger partial charge in [0.1, 0.15) is 11.9 Å². The smallest absolute Gasteiger partial charge is 0.255 e. The lowest BCUT2D eigenvalue weighted by molar-refractivity contribution is 0.0494. The average Bonchev–Trinajstić information content (AvgIpc) is 3.27. The molecule has 3 aromatic rings. The van der Waals surface area contributed by atoms with E-state index in [1.165, 1.54) is 43.3 Å². The number of hydrogen-bond donors (Lipinski definition) is 0. The molecule has 1 amide bonds. The highest BCUT2D eigenvalue weighted by Crippen LogP contribution is 2.32. The lowest BCUT2D eigenvalue weighted by Gasteiger charge is -2.41. The Bertz CT molecular complexity index is 1190. The van der Waals surface area contributed by atoms with E-state index in [4.69, 9.17) is 16.3 Å². The molecule has 0 atom stereocenters. The zero-order valence-electron chi connectivity index (χ0n) is 20.2. The first-order valence-electron chi connectivity index (χ1n) is 13.2. The van der Waals surface area contributed by atoms with Gasteiger partial charge in [-0.1, -0.05) is 30.2 Å². The predicted molar refractivity (Wildman–Crippen MR) is 140 cm³/mol. The summed E-state index contributed by atoms with van der Waals surface area (Å²) in [6.07, 6.45) is 10.8. The molecule has 35 heavy (non-hydrogen) atoms. The minimum atomic E-state index is 0.0340. The Morgan fingerprint density at radius 3 is 2.34 bits per heavy atom. The molecule has 2 aliphatic heterocycles. The van der Waals surface area contributed by atoms with Gasteiger partial charge in [0.15, 0.2) is 0 Å². The van der Waals surface area contributed by atoms with Crippen LogP contribution < -0.4 is 4.74 Å². The van der Waals surface area contributed by atoms with Crippen LogP contribution >= 0.6 is 11.6 Å². The average molecular weight is 492 g/mol. The van der Waals surface area contributed by atoms with Crippen molar-refractivity contribution in [3.8, 4) is 5.75 Å². The molecular weight excluding hydrogens is 458 g/mol. The van der Waals surface area contributed by atoms with Gasteiger partial charge in [0.25, 0.3) is 5.91 Å². The lowest BCUT2D eigenvalue weighted by atomic mass is 9.90. The van der Waals surface area contributed by atoms with Crippen molar-refractivity contribution in [1.82, 2.24) is 14.4 Å². The molecule has 0 spiro atoms. The van der Waals surface area contributed by atoms with Gasteiger partial charge in [-0.25, -0.2) is 0 Å². The van der Waals surface area contributed by atoms with Gasteiger partial charge in [0.2, 0.25) is 0 Å². The second-order valence-electron chi connectivity index (χ2n) is 10.4. The molecule has 3 heterocycles. The summed E-state index contributed by atoms with van der Waals surface area (Å²) in [5.74, 6) is 1.02. The van der Waals surface area contributed by atoms with Crippen molar-refractivity contribution in [2.24, 2.45) is 0 Å². The quantitative estimate of drug-likeness (QED) is 0.428. The minimum Gasteiger partial charge on any atom is -0.490 e. The Morgan fingerprint density at radius 1 is 0.857 bits per heavy atom. The van der Waals surface area contributed by atoms with Crippen LogP contribution in [0.4, 0.5) is 0 Å². The zero-order valence-corrected chi connectivity index (χ0v) is 21.0. The van der Waals surface area contributed by atoms with Gasteiger partial charge in [-0.2, -0.15) is 0 Å².